The largest absolute Gasteiger partial charge is 0.477 e. The fraction of sp³-hybridized carbons (Fsp3) is 0.222. The fourth-order valence-electron chi connectivity index (χ4n) is 0.783. The van der Waals surface area contributed by atoms with Gasteiger partial charge in [0.25, 0.3) is 0 Å². The molecule has 2 N–H and O–H groups in total. The Labute approximate surface area is 81.2 Å². The standard InChI is InChI=1S/C9H9N3O2/c1-3-6(2)11-9-10-5-4-7(12-9)8(13)14/h1,4-6H,2H3,(H,13,14)(H,10,11,12). The highest BCUT2D eigenvalue weighted by atomic mass is 16.4. The van der Waals surface area contributed by atoms with E-state index in [1.807, 2.05) is 0 Å². The first-order valence-corrected chi connectivity index (χ1v) is 3.92. The highest BCUT2D eigenvalue weighted by Gasteiger charge is 2.06. The molecular weight excluding hydrogens is 182 g/mol. The quantitative estimate of drug-likeness (QED) is 0.684. The molecule has 0 bridgehead atoms. The smallest absolute Gasteiger partial charge is 0.354 e. The van der Waals surface area contributed by atoms with Gasteiger partial charge < -0.3 is 10.4 Å². The Morgan fingerprint density at radius 1 is 1.79 bits per heavy atom. The van der Waals surface area contributed by atoms with Gasteiger partial charge in [-0.25, -0.2) is 14.8 Å². The number of carbonyl (C=O) groups is 1. The highest BCUT2D eigenvalue weighted by Crippen LogP contribution is 2.01. The Hall–Kier alpha value is -2.09. The first-order valence-electron chi connectivity index (χ1n) is 3.92. The lowest BCUT2D eigenvalue weighted by Gasteiger charge is -2.06. The van der Waals surface area contributed by atoms with Crippen LogP contribution >= 0.6 is 0 Å². The second kappa shape index (κ2) is 4.23. The van der Waals surface area contributed by atoms with E-state index in [2.05, 4.69) is 21.2 Å². The van der Waals surface area contributed by atoms with Crippen molar-refractivity contribution in [3.05, 3.63) is 18.0 Å². The molecule has 0 saturated carbocycles. The zero-order valence-corrected chi connectivity index (χ0v) is 7.56. The van der Waals surface area contributed by atoms with E-state index in [9.17, 15) is 4.79 Å². The molecule has 1 aromatic rings. The second-order valence-corrected chi connectivity index (χ2v) is 2.60. The van der Waals surface area contributed by atoms with Crippen molar-refractivity contribution in [2.24, 2.45) is 0 Å². The van der Waals surface area contributed by atoms with Crippen LogP contribution in [0.5, 0.6) is 0 Å². The van der Waals surface area contributed by atoms with Crippen molar-refractivity contribution in [1.82, 2.24) is 9.97 Å². The van der Waals surface area contributed by atoms with Crippen LogP contribution in [-0.4, -0.2) is 27.1 Å². The zero-order chi connectivity index (χ0) is 10.6. The lowest BCUT2D eigenvalue weighted by atomic mass is 10.3. The van der Waals surface area contributed by atoms with Crippen molar-refractivity contribution in [3.8, 4) is 12.3 Å². The summed E-state index contributed by atoms with van der Waals surface area (Å²) >= 11 is 0. The number of nitrogens with zero attached hydrogens (tertiary/aromatic N) is 2. The molecule has 1 unspecified atom stereocenters. The predicted octanol–water partition coefficient (Wildman–Crippen LogP) is 0.608. The van der Waals surface area contributed by atoms with Crippen LogP contribution in [0.15, 0.2) is 12.3 Å². The number of hydrogen-bond acceptors (Lipinski definition) is 4. The summed E-state index contributed by atoms with van der Waals surface area (Å²) < 4.78 is 0. The Morgan fingerprint density at radius 2 is 2.50 bits per heavy atom. The van der Waals surface area contributed by atoms with Gasteiger partial charge in [-0.3, -0.25) is 0 Å². The van der Waals surface area contributed by atoms with Gasteiger partial charge in [0, 0.05) is 6.20 Å². The van der Waals surface area contributed by atoms with E-state index in [-0.39, 0.29) is 17.7 Å². The number of carboxylic acids is 1. The molecule has 1 atom stereocenters. The van der Waals surface area contributed by atoms with E-state index in [0.29, 0.717) is 0 Å². The SMILES string of the molecule is C#CC(C)Nc1nccc(C(=O)O)n1. The molecule has 5 heteroatoms. The van der Waals surface area contributed by atoms with Crippen molar-refractivity contribution in [1.29, 1.82) is 0 Å². The molecule has 0 aromatic carbocycles. The first kappa shape index (κ1) is 9.99. The zero-order valence-electron chi connectivity index (χ0n) is 7.56. The fourth-order valence-corrected chi connectivity index (χ4v) is 0.783. The Kier molecular flexibility index (Phi) is 3.02. The normalized spacial score (nSPS) is 11.4. The maximum absolute atomic E-state index is 10.6. The van der Waals surface area contributed by atoms with Crippen LogP contribution in [0.1, 0.15) is 17.4 Å². The van der Waals surface area contributed by atoms with E-state index in [4.69, 9.17) is 11.5 Å². The van der Waals surface area contributed by atoms with Gasteiger partial charge in [-0.2, -0.15) is 0 Å². The van der Waals surface area contributed by atoms with E-state index in [1.165, 1.54) is 12.3 Å². The lowest BCUT2D eigenvalue weighted by Crippen LogP contribution is -2.15. The van der Waals surface area contributed by atoms with Crippen LogP contribution in [-0.2, 0) is 0 Å². The molecule has 0 aliphatic rings. The molecule has 1 heterocycles. The molecule has 1 aromatic heterocycles. The molecule has 1 rings (SSSR count). The summed E-state index contributed by atoms with van der Waals surface area (Å²) in [6.45, 7) is 1.75. The molecule has 0 aliphatic carbocycles. The van der Waals surface area contributed by atoms with E-state index >= 15 is 0 Å². The number of aromatic carboxylic acids is 1. The molecule has 0 fully saturated rings. The predicted molar refractivity (Wildman–Crippen MR) is 50.9 cm³/mol. The van der Waals surface area contributed by atoms with Crippen molar-refractivity contribution in [3.63, 3.8) is 0 Å². The molecule has 0 amide bonds. The number of anilines is 1. The maximum atomic E-state index is 10.6. The van der Waals surface area contributed by atoms with Crippen LogP contribution in [0.2, 0.25) is 0 Å². The van der Waals surface area contributed by atoms with Gasteiger partial charge in [-0.05, 0) is 13.0 Å². The maximum Gasteiger partial charge on any atom is 0.354 e. The number of nitrogens with one attached hydrogen (secondary N) is 1. The summed E-state index contributed by atoms with van der Waals surface area (Å²) in [6, 6.07) is 1.08. The summed E-state index contributed by atoms with van der Waals surface area (Å²) in [5, 5.41) is 11.4. The van der Waals surface area contributed by atoms with Crippen molar-refractivity contribution >= 4 is 11.9 Å². The molecule has 0 radical (unpaired) electrons. The van der Waals surface area contributed by atoms with Crippen LogP contribution in [0, 0.1) is 12.3 Å². The molecule has 0 aliphatic heterocycles. The monoisotopic (exact) mass is 191 g/mol. The van der Waals surface area contributed by atoms with Crippen LogP contribution in [0.3, 0.4) is 0 Å². The summed E-state index contributed by atoms with van der Waals surface area (Å²) in [4.78, 5) is 18.1. The Balaban J connectivity index is 2.85. The Morgan fingerprint density at radius 3 is 3.07 bits per heavy atom. The minimum absolute atomic E-state index is 0.0632. The molecule has 72 valence electrons. The second-order valence-electron chi connectivity index (χ2n) is 2.60. The Bertz CT molecular complexity index is 384. The lowest BCUT2D eigenvalue weighted by molar-refractivity contribution is 0.0690. The number of hydrogen-bond donors (Lipinski definition) is 2. The van der Waals surface area contributed by atoms with Crippen molar-refractivity contribution in [2.45, 2.75) is 13.0 Å². The third kappa shape index (κ3) is 2.45. The van der Waals surface area contributed by atoms with Gasteiger partial charge in [-0.1, -0.05) is 5.92 Å². The van der Waals surface area contributed by atoms with Gasteiger partial charge in [0.2, 0.25) is 5.95 Å². The van der Waals surface area contributed by atoms with Gasteiger partial charge in [0.15, 0.2) is 5.69 Å². The number of aromatic nitrogens is 2. The third-order valence-corrected chi connectivity index (χ3v) is 1.47. The van der Waals surface area contributed by atoms with Crippen LogP contribution in [0.25, 0.3) is 0 Å². The summed E-state index contributed by atoms with van der Waals surface area (Å²) in [6.07, 6.45) is 6.50. The number of terminal acetylenes is 1. The van der Waals surface area contributed by atoms with E-state index in [1.54, 1.807) is 6.92 Å². The third-order valence-electron chi connectivity index (χ3n) is 1.47. The minimum atomic E-state index is -1.09. The van der Waals surface area contributed by atoms with Crippen LogP contribution < -0.4 is 5.32 Å². The molecule has 14 heavy (non-hydrogen) atoms. The van der Waals surface area contributed by atoms with Gasteiger partial charge >= 0.3 is 5.97 Å². The molecular formula is C9H9N3O2. The van der Waals surface area contributed by atoms with E-state index < -0.39 is 5.97 Å². The molecule has 0 saturated heterocycles. The highest BCUT2D eigenvalue weighted by molar-refractivity contribution is 5.85. The van der Waals surface area contributed by atoms with E-state index in [0.717, 1.165) is 0 Å². The number of carboxylic acid groups (broad SMARTS) is 1. The molecule has 5 nitrogen and oxygen atoms in total. The van der Waals surface area contributed by atoms with Crippen molar-refractivity contribution in [2.75, 3.05) is 5.32 Å². The summed E-state index contributed by atoms with van der Waals surface area (Å²) in [7, 11) is 0. The van der Waals surface area contributed by atoms with Crippen LogP contribution in [0.4, 0.5) is 5.95 Å². The average molecular weight is 191 g/mol. The van der Waals surface area contributed by atoms with Crippen molar-refractivity contribution < 1.29 is 9.90 Å². The topological polar surface area (TPSA) is 75.1 Å². The summed E-state index contributed by atoms with van der Waals surface area (Å²) in [5.74, 6) is 1.55. The van der Waals surface area contributed by atoms with Gasteiger partial charge in [0.1, 0.15) is 0 Å². The molecule has 0 spiro atoms. The summed E-state index contributed by atoms with van der Waals surface area (Å²) in [5.41, 5.74) is -0.0632. The average Bonchev–Trinajstić information content (AvgIpc) is 2.18. The van der Waals surface area contributed by atoms with Gasteiger partial charge in [0.05, 0.1) is 6.04 Å². The minimum Gasteiger partial charge on any atom is -0.477 e. The first-order chi connectivity index (χ1) is 6.63. The number of rotatable bonds is 3. The van der Waals surface area contributed by atoms with Gasteiger partial charge in [-0.15, -0.1) is 6.42 Å².